The highest BCUT2D eigenvalue weighted by Gasteiger charge is 2.54. The van der Waals surface area contributed by atoms with Crippen molar-refractivity contribution in [2.24, 2.45) is 28.7 Å². The van der Waals surface area contributed by atoms with Gasteiger partial charge in [0.1, 0.15) is 60.7 Å². The number of ether oxygens (including phenoxy) is 6. The van der Waals surface area contributed by atoms with Crippen molar-refractivity contribution in [1.82, 2.24) is 21.0 Å². The van der Waals surface area contributed by atoms with Gasteiger partial charge in [0.05, 0.1) is 43.4 Å². The van der Waals surface area contributed by atoms with Crippen molar-refractivity contribution in [3.63, 3.8) is 0 Å². The van der Waals surface area contributed by atoms with Gasteiger partial charge in [0.15, 0.2) is 12.6 Å². The molecule has 0 unspecified atom stereocenters. The van der Waals surface area contributed by atoms with Gasteiger partial charge in [-0.25, -0.2) is 9.86 Å². The van der Waals surface area contributed by atoms with Gasteiger partial charge in [-0.15, -0.1) is 0 Å². The molecule has 1 saturated carbocycles. The SMILES string of the molecule is NCCN(O)C(=O)N[C@@H]1C[C@H](N)[C@@H](O[C@H]2OC(CNCC3(O)CCNCC3)=CC[C@H]2N)[C@H](O[C@@H]2O[C@H](CO)[C@@H](O[C@H]3O[C@@H](CN)[C@@H](O)[C@H](O)[C@H]3N)[C@H]2O)[C@H]1O. The first kappa shape index (κ1) is 44.2. The fourth-order valence-corrected chi connectivity index (χ4v) is 7.43. The number of carbonyl (C=O) groups is 1. The third kappa shape index (κ3) is 10.6. The van der Waals surface area contributed by atoms with E-state index in [4.69, 9.17) is 57.1 Å². The van der Waals surface area contributed by atoms with Crippen LogP contribution in [0.5, 0.6) is 0 Å². The number of amides is 2. The minimum Gasteiger partial charge on any atom is -0.467 e. The lowest BCUT2D eigenvalue weighted by Crippen LogP contribution is -2.67. The Morgan fingerprint density at radius 3 is 2.25 bits per heavy atom. The molecule has 2 amide bonds. The molecule has 0 spiro atoms. The third-order valence-corrected chi connectivity index (χ3v) is 10.8. The average molecular weight is 796 g/mol. The first-order chi connectivity index (χ1) is 26.2. The van der Waals surface area contributed by atoms with Crippen LogP contribution in [-0.2, 0) is 28.4 Å². The number of aliphatic hydroxyl groups excluding tert-OH is 5. The molecule has 0 aromatic rings. The molecule has 0 aromatic heterocycles. The molecule has 4 aliphatic heterocycles. The maximum atomic E-state index is 12.7. The van der Waals surface area contributed by atoms with Gasteiger partial charge < -0.3 is 104 Å². The van der Waals surface area contributed by atoms with Crippen molar-refractivity contribution in [1.29, 1.82) is 0 Å². The molecule has 0 aromatic carbocycles. The number of hydroxylamine groups is 2. The number of urea groups is 1. The van der Waals surface area contributed by atoms with Gasteiger partial charge in [-0.05, 0) is 44.8 Å². The monoisotopic (exact) mass is 795 g/mol. The third-order valence-electron chi connectivity index (χ3n) is 10.8. The Labute approximate surface area is 318 Å². The predicted molar refractivity (Wildman–Crippen MR) is 188 cm³/mol. The summed E-state index contributed by atoms with van der Waals surface area (Å²) in [5.41, 5.74) is 29.4. The molecule has 55 heavy (non-hydrogen) atoms. The molecule has 16 atom stereocenters. The normalized spacial score (nSPS) is 42.0. The summed E-state index contributed by atoms with van der Waals surface area (Å²) in [4.78, 5) is 12.7. The number of aliphatic hydroxyl groups is 6. The Morgan fingerprint density at radius 1 is 0.909 bits per heavy atom. The van der Waals surface area contributed by atoms with Crippen LogP contribution in [0.2, 0.25) is 0 Å². The molecule has 4 fully saturated rings. The summed E-state index contributed by atoms with van der Waals surface area (Å²) in [6.45, 7) is 0.901. The molecule has 23 heteroatoms. The van der Waals surface area contributed by atoms with Crippen molar-refractivity contribution in [3.05, 3.63) is 11.8 Å². The van der Waals surface area contributed by atoms with Crippen LogP contribution in [0.4, 0.5) is 4.79 Å². The van der Waals surface area contributed by atoms with Crippen LogP contribution in [0, 0.1) is 0 Å². The van der Waals surface area contributed by atoms with E-state index in [1.165, 1.54) is 0 Å². The highest BCUT2D eigenvalue weighted by molar-refractivity contribution is 5.73. The molecular weight excluding hydrogens is 734 g/mol. The standard InChI is InChI=1S/C32H61N9O14/c33-5-8-41(49)31(47)40-17-9-16(36)25(53-28-15(35)2-1-14(50-28)11-39-13-32(48)3-6-38-7-4-32)27(21(17)43)55-30-24(46)26(19(12-42)52-30)54-29-20(37)23(45)22(44)18(10-34)51-29/h1,15-30,38-39,42-46,48-49H,2-13,33-37H2,(H,40,47)/t15-,16+,17-,18+,19-,20-,21+,22-,23-,24-,25-,26-,27-,28-,29-,30+/m1/s1. The summed E-state index contributed by atoms with van der Waals surface area (Å²) >= 11 is 0. The Balaban J connectivity index is 1.31. The zero-order valence-corrected chi connectivity index (χ0v) is 30.6. The maximum absolute atomic E-state index is 12.7. The fourth-order valence-electron chi connectivity index (χ4n) is 7.43. The molecule has 0 radical (unpaired) electrons. The van der Waals surface area contributed by atoms with Crippen LogP contribution in [0.1, 0.15) is 25.7 Å². The summed E-state index contributed by atoms with van der Waals surface area (Å²) in [5, 5.41) is 84.3. The fraction of sp³-hybridized carbons (Fsp3) is 0.906. The molecule has 3 saturated heterocycles. The van der Waals surface area contributed by atoms with Crippen molar-refractivity contribution >= 4 is 6.03 Å². The van der Waals surface area contributed by atoms with Crippen molar-refractivity contribution < 1.29 is 69.1 Å². The second-order valence-electron chi connectivity index (χ2n) is 14.8. The van der Waals surface area contributed by atoms with E-state index in [1.54, 1.807) is 6.08 Å². The topological polar surface area (TPSA) is 383 Å². The van der Waals surface area contributed by atoms with Crippen molar-refractivity contribution in [3.8, 4) is 0 Å². The lowest BCUT2D eigenvalue weighted by atomic mass is 9.83. The zero-order chi connectivity index (χ0) is 40.0. The molecule has 318 valence electrons. The minimum absolute atomic E-state index is 0.0420. The minimum atomic E-state index is -1.67. The lowest BCUT2D eigenvalue weighted by molar-refractivity contribution is -0.282. The van der Waals surface area contributed by atoms with Crippen LogP contribution >= 0.6 is 0 Å². The Kier molecular flexibility index (Phi) is 15.8. The molecule has 20 N–H and O–H groups in total. The molecule has 4 heterocycles. The molecular formula is C32H61N9O14. The van der Waals surface area contributed by atoms with Crippen LogP contribution in [0.3, 0.4) is 0 Å². The van der Waals surface area contributed by atoms with Crippen molar-refractivity contribution in [2.75, 3.05) is 52.4 Å². The first-order valence-corrected chi connectivity index (χ1v) is 18.7. The van der Waals surface area contributed by atoms with Crippen molar-refractivity contribution in [2.45, 2.75) is 129 Å². The number of piperidine rings is 1. The molecule has 1 aliphatic carbocycles. The van der Waals surface area contributed by atoms with Gasteiger partial charge in [-0.3, -0.25) is 5.21 Å². The second-order valence-corrected chi connectivity index (χ2v) is 14.8. The predicted octanol–water partition coefficient (Wildman–Crippen LogP) is -7.57. The van der Waals surface area contributed by atoms with Gasteiger partial charge in [-0.2, -0.15) is 0 Å². The molecule has 5 aliphatic rings. The van der Waals surface area contributed by atoms with Crippen LogP contribution in [0.15, 0.2) is 11.8 Å². The van der Waals surface area contributed by atoms with Crippen LogP contribution in [-0.4, -0.2) is 203 Å². The highest BCUT2D eigenvalue weighted by Crippen LogP contribution is 2.34. The van der Waals surface area contributed by atoms with Gasteiger partial charge in [0, 0.05) is 25.7 Å². The number of carbonyl (C=O) groups excluding carboxylic acids is 1. The number of hydrogen-bond donors (Lipinski definition) is 15. The van der Waals surface area contributed by atoms with Gasteiger partial charge in [-0.1, -0.05) is 0 Å². The van der Waals surface area contributed by atoms with Gasteiger partial charge >= 0.3 is 6.03 Å². The number of nitrogens with two attached hydrogens (primary N) is 5. The molecule has 5 rings (SSSR count). The summed E-state index contributed by atoms with van der Waals surface area (Å²) in [5.74, 6) is 0.498. The molecule has 0 bridgehead atoms. The number of hydrogen-bond acceptors (Lipinski definition) is 21. The largest absolute Gasteiger partial charge is 0.467 e. The van der Waals surface area contributed by atoms with Gasteiger partial charge in [0.25, 0.3) is 0 Å². The van der Waals surface area contributed by atoms with E-state index < -0.39 is 116 Å². The van der Waals surface area contributed by atoms with E-state index in [-0.39, 0.29) is 32.6 Å². The summed E-state index contributed by atoms with van der Waals surface area (Å²) < 4.78 is 36.0. The zero-order valence-electron chi connectivity index (χ0n) is 30.6. The lowest BCUT2D eigenvalue weighted by Gasteiger charge is -2.46. The quantitative estimate of drug-likeness (QED) is 0.0540. The van der Waals surface area contributed by atoms with Gasteiger partial charge in [0.2, 0.25) is 6.29 Å². The van der Waals surface area contributed by atoms with Crippen LogP contribution in [0.25, 0.3) is 0 Å². The average Bonchev–Trinajstić information content (AvgIpc) is 3.46. The summed E-state index contributed by atoms with van der Waals surface area (Å²) in [6, 6.07) is -5.01. The Hall–Kier alpha value is -1.95. The highest BCUT2D eigenvalue weighted by atomic mass is 16.8. The summed E-state index contributed by atoms with van der Waals surface area (Å²) in [6.07, 6.45) is -13.3. The Bertz CT molecular complexity index is 1260. The van der Waals surface area contributed by atoms with E-state index in [0.29, 0.717) is 49.7 Å². The number of nitrogens with one attached hydrogen (secondary N) is 3. The van der Waals surface area contributed by atoms with E-state index in [1.807, 2.05) is 0 Å². The first-order valence-electron chi connectivity index (χ1n) is 18.7. The smallest absolute Gasteiger partial charge is 0.341 e. The van der Waals surface area contributed by atoms with Crippen LogP contribution < -0.4 is 44.6 Å². The number of nitrogens with zero attached hydrogens (tertiary/aromatic N) is 1. The summed E-state index contributed by atoms with van der Waals surface area (Å²) in [7, 11) is 0. The van der Waals surface area contributed by atoms with E-state index in [0.717, 1.165) is 0 Å². The van der Waals surface area contributed by atoms with E-state index in [9.17, 15) is 40.6 Å². The number of rotatable bonds is 15. The molecule has 23 nitrogen and oxygen atoms in total. The Morgan fingerprint density at radius 2 is 1.58 bits per heavy atom. The second kappa shape index (κ2) is 19.7. The van der Waals surface area contributed by atoms with E-state index in [2.05, 4.69) is 16.0 Å². The maximum Gasteiger partial charge on any atom is 0.341 e. The van der Waals surface area contributed by atoms with E-state index >= 15 is 0 Å².